The minimum absolute atomic E-state index is 0. The normalized spacial score (nSPS) is 10.6. The van der Waals surface area contributed by atoms with Crippen LogP contribution >= 0.6 is 0 Å². The van der Waals surface area contributed by atoms with Crippen molar-refractivity contribution in [2.45, 2.75) is 0 Å². The number of para-hydroxylation sites is 2. The van der Waals surface area contributed by atoms with Crippen molar-refractivity contribution >= 4 is 10.8 Å². The van der Waals surface area contributed by atoms with Crippen molar-refractivity contribution in [2.24, 2.45) is 0 Å². The van der Waals surface area contributed by atoms with Crippen LogP contribution in [0.15, 0.2) is 97.1 Å². The van der Waals surface area contributed by atoms with E-state index in [4.69, 9.17) is 10.1 Å². The Labute approximate surface area is 181 Å². The third-order valence-electron chi connectivity index (χ3n) is 4.78. The summed E-state index contributed by atoms with van der Waals surface area (Å²) in [5, 5.41) is 17.4. The third-order valence-corrected chi connectivity index (χ3v) is 4.78. The zero-order chi connectivity index (χ0) is 18.9. The van der Waals surface area contributed by atoms with Gasteiger partial charge in [0.2, 0.25) is 0 Å². The molecule has 0 bridgehead atoms. The second kappa shape index (κ2) is 7.98. The number of rotatable bonds is 3. The van der Waals surface area contributed by atoms with Gasteiger partial charge in [0.15, 0.2) is 11.6 Å². The van der Waals surface area contributed by atoms with E-state index in [9.17, 15) is 5.11 Å². The van der Waals surface area contributed by atoms with Crippen LogP contribution in [0, 0.1) is 0 Å². The first-order valence-electron chi connectivity index (χ1n) is 9.10. The van der Waals surface area contributed by atoms with Crippen LogP contribution in [0.4, 0.5) is 0 Å². The Hall–Kier alpha value is -3.30. The van der Waals surface area contributed by atoms with Crippen LogP contribution in [0.5, 0.6) is 5.75 Å². The standard InChI is InChI=1S/C24H17N3O.Zn/c28-22-16-7-6-15-21(22)27-24(18-10-2-1-3-11-18)25-23(26-27)20-14-8-12-17-9-4-5-13-19(17)20;/h1-16,28H;. The van der Waals surface area contributed by atoms with Gasteiger partial charge < -0.3 is 5.11 Å². The van der Waals surface area contributed by atoms with Gasteiger partial charge in [-0.2, -0.15) is 0 Å². The summed E-state index contributed by atoms with van der Waals surface area (Å²) in [5.41, 5.74) is 2.49. The third kappa shape index (κ3) is 3.46. The van der Waals surface area contributed by atoms with E-state index in [1.54, 1.807) is 16.8 Å². The number of benzene rings is 4. The fraction of sp³-hybridized carbons (Fsp3) is 0. The van der Waals surface area contributed by atoms with Gasteiger partial charge in [-0.05, 0) is 22.9 Å². The van der Waals surface area contributed by atoms with Gasteiger partial charge in [0.25, 0.3) is 0 Å². The Balaban J connectivity index is 0.00000205. The Bertz CT molecular complexity index is 1280. The molecule has 5 rings (SSSR count). The first kappa shape index (κ1) is 19.0. The smallest absolute Gasteiger partial charge is 0.182 e. The molecule has 0 fully saturated rings. The summed E-state index contributed by atoms with van der Waals surface area (Å²) < 4.78 is 1.71. The molecule has 29 heavy (non-hydrogen) atoms. The molecule has 4 nitrogen and oxygen atoms in total. The van der Waals surface area contributed by atoms with Crippen molar-refractivity contribution in [1.29, 1.82) is 0 Å². The predicted molar refractivity (Wildman–Crippen MR) is 111 cm³/mol. The van der Waals surface area contributed by atoms with E-state index in [-0.39, 0.29) is 25.2 Å². The molecule has 1 heterocycles. The molecule has 4 aromatic carbocycles. The summed E-state index contributed by atoms with van der Waals surface area (Å²) in [4.78, 5) is 4.86. The fourth-order valence-electron chi connectivity index (χ4n) is 3.43. The first-order chi connectivity index (χ1) is 13.8. The molecule has 0 amide bonds. The maximum Gasteiger partial charge on any atom is 0.182 e. The second-order valence-corrected chi connectivity index (χ2v) is 6.55. The summed E-state index contributed by atoms with van der Waals surface area (Å²) in [6.45, 7) is 0. The number of nitrogens with zero attached hydrogens (tertiary/aromatic N) is 3. The second-order valence-electron chi connectivity index (χ2n) is 6.55. The quantitative estimate of drug-likeness (QED) is 0.388. The molecule has 0 aliphatic carbocycles. The van der Waals surface area contributed by atoms with E-state index >= 15 is 0 Å². The summed E-state index contributed by atoms with van der Waals surface area (Å²) in [5.74, 6) is 1.47. The number of phenols is 1. The monoisotopic (exact) mass is 427 g/mol. The molecule has 5 aromatic rings. The van der Waals surface area contributed by atoms with Gasteiger partial charge >= 0.3 is 0 Å². The van der Waals surface area contributed by atoms with Gasteiger partial charge in [-0.15, -0.1) is 5.10 Å². The minimum Gasteiger partial charge on any atom is -0.506 e. The Kier molecular flexibility index (Phi) is 5.24. The minimum atomic E-state index is 0. The molecule has 0 saturated heterocycles. The number of fused-ring (bicyclic) bond motifs is 1. The number of hydrogen-bond donors (Lipinski definition) is 1. The number of hydrogen-bond acceptors (Lipinski definition) is 3. The molecule has 0 unspecified atom stereocenters. The summed E-state index contributed by atoms with van der Waals surface area (Å²) >= 11 is 0. The number of aromatic nitrogens is 3. The zero-order valence-corrected chi connectivity index (χ0v) is 18.7. The largest absolute Gasteiger partial charge is 0.506 e. The molecule has 0 radical (unpaired) electrons. The SMILES string of the molecule is Oc1ccccc1-n1nc(-c2cccc3ccccc23)nc1-c1ccccc1.[Zn]. The zero-order valence-electron chi connectivity index (χ0n) is 15.7. The van der Waals surface area contributed by atoms with Gasteiger partial charge in [0.1, 0.15) is 11.4 Å². The van der Waals surface area contributed by atoms with Gasteiger partial charge in [-0.3, -0.25) is 0 Å². The predicted octanol–water partition coefficient (Wildman–Crippen LogP) is 5.46. The number of aromatic hydroxyl groups is 1. The molecule has 5 heteroatoms. The average Bonchev–Trinajstić information content (AvgIpc) is 3.19. The molecule has 0 saturated carbocycles. The topological polar surface area (TPSA) is 50.9 Å². The molecule has 136 valence electrons. The molecule has 1 aromatic heterocycles. The maximum absolute atomic E-state index is 10.4. The summed E-state index contributed by atoms with van der Waals surface area (Å²) in [7, 11) is 0. The van der Waals surface area contributed by atoms with Crippen LogP contribution in [0.25, 0.3) is 39.2 Å². The van der Waals surface area contributed by atoms with Crippen molar-refractivity contribution in [3.63, 3.8) is 0 Å². The first-order valence-corrected chi connectivity index (χ1v) is 9.10. The van der Waals surface area contributed by atoms with Crippen molar-refractivity contribution in [3.8, 4) is 34.2 Å². The Morgan fingerprint density at radius 2 is 1.38 bits per heavy atom. The maximum atomic E-state index is 10.4. The Morgan fingerprint density at radius 3 is 2.21 bits per heavy atom. The van der Waals surface area contributed by atoms with Gasteiger partial charge in [0, 0.05) is 30.6 Å². The van der Waals surface area contributed by atoms with E-state index in [0.29, 0.717) is 17.3 Å². The molecular weight excluding hydrogens is 412 g/mol. The van der Waals surface area contributed by atoms with Crippen LogP contribution in [0.3, 0.4) is 0 Å². The van der Waals surface area contributed by atoms with Crippen LogP contribution in [0.2, 0.25) is 0 Å². The molecule has 0 aliphatic rings. The average molecular weight is 429 g/mol. The molecular formula is C24H17N3OZn. The molecule has 0 atom stereocenters. The van der Waals surface area contributed by atoms with Gasteiger partial charge in [-0.25, -0.2) is 9.67 Å². The summed E-state index contributed by atoms with van der Waals surface area (Å²) in [6, 6.07) is 31.4. The van der Waals surface area contributed by atoms with Gasteiger partial charge in [0.05, 0.1) is 0 Å². The van der Waals surface area contributed by atoms with E-state index in [1.165, 1.54) is 0 Å². The number of phenolic OH excluding ortho intramolecular Hbond substituents is 1. The van der Waals surface area contributed by atoms with Crippen LogP contribution in [0.1, 0.15) is 0 Å². The van der Waals surface area contributed by atoms with Crippen LogP contribution in [-0.4, -0.2) is 19.9 Å². The Morgan fingerprint density at radius 1 is 0.690 bits per heavy atom. The van der Waals surface area contributed by atoms with Crippen molar-refractivity contribution < 1.29 is 24.6 Å². The van der Waals surface area contributed by atoms with Crippen LogP contribution < -0.4 is 0 Å². The van der Waals surface area contributed by atoms with E-state index < -0.39 is 0 Å². The van der Waals surface area contributed by atoms with Crippen LogP contribution in [-0.2, 0) is 19.5 Å². The van der Waals surface area contributed by atoms with Gasteiger partial charge in [-0.1, -0.05) is 84.9 Å². The van der Waals surface area contributed by atoms with Crippen molar-refractivity contribution in [3.05, 3.63) is 97.1 Å². The van der Waals surface area contributed by atoms with Crippen molar-refractivity contribution in [1.82, 2.24) is 14.8 Å². The van der Waals surface area contributed by atoms with E-state index in [2.05, 4.69) is 18.2 Å². The van der Waals surface area contributed by atoms with E-state index in [1.807, 2.05) is 66.7 Å². The fourth-order valence-corrected chi connectivity index (χ4v) is 3.43. The van der Waals surface area contributed by atoms with E-state index in [0.717, 1.165) is 21.9 Å². The molecule has 1 N–H and O–H groups in total. The molecule has 0 spiro atoms. The molecule has 0 aliphatic heterocycles. The van der Waals surface area contributed by atoms with Crippen molar-refractivity contribution in [2.75, 3.05) is 0 Å². The summed E-state index contributed by atoms with van der Waals surface area (Å²) in [6.07, 6.45) is 0.